The number of aromatic nitrogens is 3. The quantitative estimate of drug-likeness (QED) is 0.185. The van der Waals surface area contributed by atoms with Gasteiger partial charge in [0.2, 0.25) is 5.88 Å². The lowest BCUT2D eigenvalue weighted by atomic mass is 10.1. The van der Waals surface area contributed by atoms with Crippen LogP contribution in [0.25, 0.3) is 22.3 Å². The number of benzene rings is 3. The van der Waals surface area contributed by atoms with E-state index in [9.17, 15) is 9.18 Å². The minimum Gasteiger partial charge on any atom is -0.473 e. The highest BCUT2D eigenvalue weighted by Crippen LogP contribution is 2.26. The van der Waals surface area contributed by atoms with Crippen LogP contribution in [0, 0.1) is 5.82 Å². The summed E-state index contributed by atoms with van der Waals surface area (Å²) in [6, 6.07) is 23.6. The van der Waals surface area contributed by atoms with Gasteiger partial charge in [-0.3, -0.25) is 0 Å². The van der Waals surface area contributed by atoms with Crippen LogP contribution in [0.5, 0.6) is 5.88 Å². The van der Waals surface area contributed by atoms with Gasteiger partial charge in [-0.1, -0.05) is 48.0 Å². The Morgan fingerprint density at radius 2 is 1.90 bits per heavy atom. The van der Waals surface area contributed by atoms with Gasteiger partial charge >= 0.3 is 5.97 Å². The largest absolute Gasteiger partial charge is 0.473 e. The molecular weight excluding hydrogens is 545 g/mol. The van der Waals surface area contributed by atoms with Crippen LogP contribution in [0.1, 0.15) is 33.7 Å². The molecule has 5 aromatic rings. The van der Waals surface area contributed by atoms with Crippen LogP contribution in [0.4, 0.5) is 4.39 Å². The molecule has 3 aromatic carbocycles. The Morgan fingerprint density at radius 1 is 1.07 bits per heavy atom. The van der Waals surface area contributed by atoms with Crippen molar-refractivity contribution < 1.29 is 23.4 Å². The third-order valence-electron chi connectivity index (χ3n) is 7.15. The zero-order chi connectivity index (χ0) is 28.3. The molecule has 6 rings (SSSR count). The third kappa shape index (κ3) is 5.94. The second-order valence-corrected chi connectivity index (χ2v) is 10.3. The summed E-state index contributed by atoms with van der Waals surface area (Å²) >= 11 is 5.84. The van der Waals surface area contributed by atoms with Gasteiger partial charge in [-0.05, 0) is 48.4 Å². The summed E-state index contributed by atoms with van der Waals surface area (Å²) in [6.07, 6.45) is 1.74. The Hall–Kier alpha value is -4.27. The van der Waals surface area contributed by atoms with Gasteiger partial charge in [0.15, 0.2) is 0 Å². The van der Waals surface area contributed by atoms with Crippen LogP contribution in [-0.4, -0.2) is 40.3 Å². The predicted octanol–water partition coefficient (Wildman–Crippen LogP) is 6.64. The number of carbonyl (C=O) groups is 1. The molecule has 3 heterocycles. The SMILES string of the molecule is COC(=O)c1ccc2nc(Cc3ccc(-c4cccc(OCc5ccc(Cl)cc5F)n4)cc3)n(C[C@@H]3CCO3)c2c1. The number of hydrogen-bond donors (Lipinski definition) is 0. The number of halogens is 2. The van der Waals surface area contributed by atoms with Crippen molar-refractivity contribution in [3.05, 3.63) is 112 Å². The number of carbonyl (C=O) groups excluding carboxylic acids is 1. The topological polar surface area (TPSA) is 75.5 Å². The maximum absolute atomic E-state index is 14.1. The van der Waals surface area contributed by atoms with Crippen molar-refractivity contribution in [2.75, 3.05) is 13.7 Å². The molecule has 0 amide bonds. The van der Waals surface area contributed by atoms with E-state index >= 15 is 0 Å². The van der Waals surface area contributed by atoms with Crippen LogP contribution in [0.3, 0.4) is 0 Å². The summed E-state index contributed by atoms with van der Waals surface area (Å²) in [4.78, 5) is 21.6. The molecule has 1 fully saturated rings. The minimum atomic E-state index is -0.415. The van der Waals surface area contributed by atoms with Crippen LogP contribution in [0.2, 0.25) is 5.02 Å². The Balaban J connectivity index is 1.20. The molecule has 7 nitrogen and oxygen atoms in total. The number of nitrogens with zero attached hydrogens (tertiary/aromatic N) is 3. The number of rotatable bonds is 9. The maximum Gasteiger partial charge on any atom is 0.337 e. The van der Waals surface area contributed by atoms with E-state index in [2.05, 4.69) is 21.7 Å². The molecular formula is C32H27ClFN3O4. The van der Waals surface area contributed by atoms with Crippen LogP contribution in [0.15, 0.2) is 78.9 Å². The summed E-state index contributed by atoms with van der Waals surface area (Å²) in [5, 5.41) is 0.340. The van der Waals surface area contributed by atoms with Crippen molar-refractivity contribution in [1.82, 2.24) is 14.5 Å². The van der Waals surface area contributed by atoms with Crippen molar-refractivity contribution in [1.29, 1.82) is 0 Å². The highest BCUT2D eigenvalue weighted by molar-refractivity contribution is 6.30. The van der Waals surface area contributed by atoms with E-state index in [1.165, 1.54) is 13.2 Å². The van der Waals surface area contributed by atoms with E-state index in [4.69, 9.17) is 30.8 Å². The average molecular weight is 572 g/mol. The first-order valence-electron chi connectivity index (χ1n) is 13.3. The molecule has 1 saturated heterocycles. The third-order valence-corrected chi connectivity index (χ3v) is 7.39. The highest BCUT2D eigenvalue weighted by Gasteiger charge is 2.22. The number of imidazole rings is 1. The summed E-state index contributed by atoms with van der Waals surface area (Å²) in [5.74, 6) is 0.506. The number of pyridine rings is 1. The van der Waals surface area contributed by atoms with Gasteiger partial charge in [-0.15, -0.1) is 0 Å². The van der Waals surface area contributed by atoms with Crippen LogP contribution in [-0.2, 0) is 29.0 Å². The van der Waals surface area contributed by atoms with E-state index in [1.54, 1.807) is 24.3 Å². The molecule has 0 aliphatic carbocycles. The molecule has 0 N–H and O–H groups in total. The summed E-state index contributed by atoms with van der Waals surface area (Å²) in [6.45, 7) is 1.48. The van der Waals surface area contributed by atoms with Crippen molar-refractivity contribution >= 4 is 28.6 Å². The first kappa shape index (κ1) is 26.9. The van der Waals surface area contributed by atoms with Gasteiger partial charge in [-0.2, -0.15) is 0 Å². The zero-order valence-electron chi connectivity index (χ0n) is 22.3. The Labute approximate surface area is 241 Å². The lowest BCUT2D eigenvalue weighted by molar-refractivity contribution is -0.0589. The van der Waals surface area contributed by atoms with E-state index in [-0.39, 0.29) is 18.7 Å². The molecule has 1 aliphatic heterocycles. The van der Waals surface area contributed by atoms with Crippen LogP contribution < -0.4 is 4.74 Å². The molecule has 41 heavy (non-hydrogen) atoms. The van der Waals surface area contributed by atoms with E-state index in [1.807, 2.05) is 36.4 Å². The number of ether oxygens (including phenoxy) is 3. The minimum absolute atomic E-state index is 0.0480. The first-order chi connectivity index (χ1) is 20.0. The van der Waals surface area contributed by atoms with Gasteiger partial charge in [0.25, 0.3) is 0 Å². The summed E-state index contributed by atoms with van der Waals surface area (Å²) < 4.78 is 32.6. The average Bonchev–Trinajstić information content (AvgIpc) is 3.30. The van der Waals surface area contributed by atoms with E-state index < -0.39 is 5.82 Å². The molecule has 1 aliphatic rings. The number of fused-ring (bicyclic) bond motifs is 1. The van der Waals surface area contributed by atoms with Gasteiger partial charge in [0.1, 0.15) is 18.2 Å². The predicted molar refractivity (Wildman–Crippen MR) is 154 cm³/mol. The van der Waals surface area contributed by atoms with Crippen molar-refractivity contribution in [3.63, 3.8) is 0 Å². The molecule has 0 unspecified atom stereocenters. The lowest BCUT2D eigenvalue weighted by Crippen LogP contribution is -2.31. The summed E-state index contributed by atoms with van der Waals surface area (Å²) in [7, 11) is 1.38. The fraction of sp³-hybridized carbons (Fsp3) is 0.219. The second kappa shape index (κ2) is 11.7. The fourth-order valence-corrected chi connectivity index (χ4v) is 4.97. The Bertz CT molecular complexity index is 1720. The first-order valence-corrected chi connectivity index (χ1v) is 13.7. The molecule has 208 valence electrons. The van der Waals surface area contributed by atoms with Gasteiger partial charge in [-0.25, -0.2) is 19.2 Å². The highest BCUT2D eigenvalue weighted by atomic mass is 35.5. The Morgan fingerprint density at radius 3 is 2.63 bits per heavy atom. The van der Waals surface area contributed by atoms with Crippen molar-refractivity contribution in [2.45, 2.75) is 32.1 Å². The second-order valence-electron chi connectivity index (χ2n) is 9.87. The Kier molecular flexibility index (Phi) is 7.67. The van der Waals surface area contributed by atoms with E-state index in [0.717, 1.165) is 46.7 Å². The number of esters is 1. The van der Waals surface area contributed by atoms with Crippen LogP contribution >= 0.6 is 11.6 Å². The van der Waals surface area contributed by atoms with Gasteiger partial charge in [0.05, 0.1) is 42.0 Å². The molecule has 9 heteroatoms. The molecule has 0 spiro atoms. The smallest absolute Gasteiger partial charge is 0.337 e. The normalized spacial score (nSPS) is 14.6. The van der Waals surface area contributed by atoms with E-state index in [0.29, 0.717) is 35.0 Å². The van der Waals surface area contributed by atoms with Crippen molar-refractivity contribution in [2.24, 2.45) is 0 Å². The molecule has 2 aromatic heterocycles. The van der Waals surface area contributed by atoms with Gasteiger partial charge < -0.3 is 18.8 Å². The molecule has 1 atom stereocenters. The van der Waals surface area contributed by atoms with Gasteiger partial charge in [0, 0.05) is 35.2 Å². The number of methoxy groups -OCH3 is 1. The lowest BCUT2D eigenvalue weighted by Gasteiger charge is -2.27. The maximum atomic E-state index is 14.1. The fourth-order valence-electron chi connectivity index (χ4n) is 4.81. The molecule has 0 saturated carbocycles. The standard InChI is InChI=1S/C32H27ClFN3O4/c1-39-32(38)22-10-12-28-29(16-22)37(18-25-13-14-40-25)30(35-28)15-20-5-7-21(8-6-20)27-3-2-4-31(36-27)41-19-23-9-11-24(33)17-26(23)34/h2-12,16-17,25H,13-15,18-19H2,1H3/t25-/m0/s1. The molecule has 0 bridgehead atoms. The zero-order valence-corrected chi connectivity index (χ0v) is 23.1. The monoisotopic (exact) mass is 571 g/mol. The number of hydrogen-bond acceptors (Lipinski definition) is 6. The summed E-state index contributed by atoms with van der Waals surface area (Å²) in [5.41, 5.74) is 5.36. The molecule has 0 radical (unpaired) electrons. The van der Waals surface area contributed by atoms with Crippen molar-refractivity contribution in [3.8, 4) is 17.1 Å².